The van der Waals surface area contributed by atoms with Crippen LogP contribution in [0.15, 0.2) is 24.3 Å². The Labute approximate surface area is 100 Å². The first-order chi connectivity index (χ1) is 8.18. The fourth-order valence-corrected chi connectivity index (χ4v) is 2.46. The Morgan fingerprint density at radius 2 is 2.06 bits per heavy atom. The van der Waals surface area contributed by atoms with Crippen molar-refractivity contribution in [3.05, 3.63) is 29.8 Å². The summed E-state index contributed by atoms with van der Waals surface area (Å²) in [5.41, 5.74) is 0.768. The van der Waals surface area contributed by atoms with E-state index in [1.165, 1.54) is 0 Å². The number of hydrogen-bond acceptors (Lipinski definition) is 3. The van der Waals surface area contributed by atoms with E-state index in [4.69, 9.17) is 0 Å². The first-order valence-corrected chi connectivity index (χ1v) is 5.91. The summed E-state index contributed by atoms with van der Waals surface area (Å²) in [4.78, 5) is 11.4. The van der Waals surface area contributed by atoms with Crippen molar-refractivity contribution >= 4 is 5.97 Å². The molecule has 0 bridgehead atoms. The molecule has 0 aliphatic carbocycles. The molecule has 2 unspecified atom stereocenters. The number of phenolic OH excluding ortho intramolecular Hbond substituents is 1. The van der Waals surface area contributed by atoms with Gasteiger partial charge in [-0.1, -0.05) is 12.1 Å². The maximum Gasteiger partial charge on any atom is 0.311 e. The lowest BCUT2D eigenvalue weighted by Gasteiger charge is -2.28. The van der Waals surface area contributed by atoms with Crippen LogP contribution in [0.25, 0.3) is 0 Å². The number of hydrogen-bond donors (Lipinski definition) is 3. The standard InChI is InChI=1S/C13H17NO3/c15-11-5-3-9(4-6-11)12(13(16)17)10-2-1-7-14-8-10/h3-6,10,12,14-15H,1-2,7-8H2,(H,16,17). The molecule has 2 rings (SSSR count). The molecular weight excluding hydrogens is 218 g/mol. The van der Waals surface area contributed by atoms with Crippen LogP contribution in [0.4, 0.5) is 0 Å². The monoisotopic (exact) mass is 235 g/mol. The van der Waals surface area contributed by atoms with Gasteiger partial charge in [-0.05, 0) is 49.5 Å². The topological polar surface area (TPSA) is 69.6 Å². The third-order valence-electron chi connectivity index (χ3n) is 3.32. The zero-order valence-corrected chi connectivity index (χ0v) is 9.60. The van der Waals surface area contributed by atoms with Gasteiger partial charge in [0.05, 0.1) is 5.92 Å². The molecule has 1 aromatic rings. The van der Waals surface area contributed by atoms with Gasteiger partial charge in [-0.3, -0.25) is 4.79 Å². The Morgan fingerprint density at radius 1 is 1.35 bits per heavy atom. The molecule has 0 radical (unpaired) electrons. The lowest BCUT2D eigenvalue weighted by Crippen LogP contribution is -2.36. The van der Waals surface area contributed by atoms with Gasteiger partial charge in [0.15, 0.2) is 0 Å². The summed E-state index contributed by atoms with van der Waals surface area (Å²) in [5.74, 6) is -0.974. The summed E-state index contributed by atoms with van der Waals surface area (Å²) in [7, 11) is 0. The number of aliphatic carboxylic acids is 1. The predicted octanol–water partition coefficient (Wildman–Crippen LogP) is 1.56. The highest BCUT2D eigenvalue weighted by atomic mass is 16.4. The number of nitrogens with one attached hydrogen (secondary N) is 1. The SMILES string of the molecule is O=C(O)C(c1ccc(O)cc1)C1CCCNC1. The van der Waals surface area contributed by atoms with Gasteiger partial charge in [-0.2, -0.15) is 0 Å². The average Bonchev–Trinajstić information content (AvgIpc) is 2.33. The third-order valence-corrected chi connectivity index (χ3v) is 3.32. The minimum Gasteiger partial charge on any atom is -0.508 e. The van der Waals surface area contributed by atoms with Crippen LogP contribution in [0.2, 0.25) is 0 Å². The first-order valence-electron chi connectivity index (χ1n) is 5.91. The molecule has 0 amide bonds. The van der Waals surface area contributed by atoms with E-state index in [2.05, 4.69) is 5.32 Å². The van der Waals surface area contributed by atoms with E-state index in [1.807, 2.05) is 0 Å². The molecule has 17 heavy (non-hydrogen) atoms. The molecule has 3 N–H and O–H groups in total. The van der Waals surface area contributed by atoms with Crippen LogP contribution in [-0.2, 0) is 4.79 Å². The van der Waals surface area contributed by atoms with Gasteiger partial charge in [0, 0.05) is 0 Å². The number of piperidine rings is 1. The second-order valence-electron chi connectivity index (χ2n) is 4.51. The van der Waals surface area contributed by atoms with E-state index >= 15 is 0 Å². The molecule has 4 heteroatoms. The van der Waals surface area contributed by atoms with Crippen LogP contribution in [0.3, 0.4) is 0 Å². The molecule has 1 aromatic carbocycles. The van der Waals surface area contributed by atoms with Crippen molar-refractivity contribution in [3.63, 3.8) is 0 Å². The molecule has 1 fully saturated rings. The highest BCUT2D eigenvalue weighted by Gasteiger charge is 2.30. The van der Waals surface area contributed by atoms with E-state index in [0.717, 1.165) is 31.5 Å². The molecule has 0 aromatic heterocycles. The molecule has 92 valence electrons. The summed E-state index contributed by atoms with van der Waals surface area (Å²) < 4.78 is 0. The van der Waals surface area contributed by atoms with Crippen LogP contribution in [0.5, 0.6) is 5.75 Å². The Balaban J connectivity index is 2.21. The number of aromatic hydroxyl groups is 1. The number of phenols is 1. The molecule has 2 atom stereocenters. The summed E-state index contributed by atoms with van der Waals surface area (Å²) in [6, 6.07) is 6.48. The Morgan fingerprint density at radius 3 is 2.59 bits per heavy atom. The molecule has 4 nitrogen and oxygen atoms in total. The van der Waals surface area contributed by atoms with Crippen LogP contribution >= 0.6 is 0 Å². The lowest BCUT2D eigenvalue weighted by molar-refractivity contribution is -0.140. The summed E-state index contributed by atoms with van der Waals surface area (Å²) >= 11 is 0. The number of carbonyl (C=O) groups is 1. The Bertz CT molecular complexity index is 382. The van der Waals surface area contributed by atoms with Crippen LogP contribution in [0.1, 0.15) is 24.3 Å². The minimum absolute atomic E-state index is 0.130. The molecule has 1 heterocycles. The van der Waals surface area contributed by atoms with E-state index in [-0.39, 0.29) is 11.7 Å². The smallest absolute Gasteiger partial charge is 0.311 e. The van der Waals surface area contributed by atoms with Crippen molar-refractivity contribution in [1.82, 2.24) is 5.32 Å². The Kier molecular flexibility index (Phi) is 3.64. The zero-order valence-electron chi connectivity index (χ0n) is 9.60. The van der Waals surface area contributed by atoms with Gasteiger partial charge in [0.25, 0.3) is 0 Å². The first kappa shape index (κ1) is 11.9. The largest absolute Gasteiger partial charge is 0.508 e. The zero-order chi connectivity index (χ0) is 12.3. The average molecular weight is 235 g/mol. The molecule has 0 spiro atoms. The maximum absolute atomic E-state index is 11.4. The van der Waals surface area contributed by atoms with E-state index in [1.54, 1.807) is 24.3 Å². The number of carboxylic acids is 1. The quantitative estimate of drug-likeness (QED) is 0.743. The second kappa shape index (κ2) is 5.19. The van der Waals surface area contributed by atoms with Crippen molar-refractivity contribution < 1.29 is 15.0 Å². The number of benzene rings is 1. The van der Waals surface area contributed by atoms with Gasteiger partial charge in [-0.25, -0.2) is 0 Å². The van der Waals surface area contributed by atoms with Gasteiger partial charge in [-0.15, -0.1) is 0 Å². The van der Waals surface area contributed by atoms with E-state index < -0.39 is 11.9 Å². The highest BCUT2D eigenvalue weighted by Crippen LogP contribution is 2.30. The van der Waals surface area contributed by atoms with Crippen molar-refractivity contribution in [3.8, 4) is 5.75 Å². The van der Waals surface area contributed by atoms with Crippen molar-refractivity contribution in [1.29, 1.82) is 0 Å². The molecule has 1 aliphatic heterocycles. The maximum atomic E-state index is 11.4. The summed E-state index contributed by atoms with van der Waals surface area (Å²) in [6.45, 7) is 1.72. The van der Waals surface area contributed by atoms with Gasteiger partial charge >= 0.3 is 5.97 Å². The summed E-state index contributed by atoms with van der Waals surface area (Å²) in [5, 5.41) is 21.8. The van der Waals surface area contributed by atoms with Gasteiger partial charge in [0.1, 0.15) is 5.75 Å². The normalized spacial score (nSPS) is 22.0. The fourth-order valence-electron chi connectivity index (χ4n) is 2.46. The van der Waals surface area contributed by atoms with E-state index in [0.29, 0.717) is 0 Å². The van der Waals surface area contributed by atoms with Crippen molar-refractivity contribution in [2.24, 2.45) is 5.92 Å². The molecule has 1 aliphatic rings. The van der Waals surface area contributed by atoms with Crippen LogP contribution in [0, 0.1) is 5.92 Å². The number of rotatable bonds is 3. The van der Waals surface area contributed by atoms with Crippen molar-refractivity contribution in [2.45, 2.75) is 18.8 Å². The lowest BCUT2D eigenvalue weighted by atomic mass is 9.81. The second-order valence-corrected chi connectivity index (χ2v) is 4.51. The van der Waals surface area contributed by atoms with Gasteiger partial charge in [0.2, 0.25) is 0 Å². The minimum atomic E-state index is -0.788. The summed E-state index contributed by atoms with van der Waals surface area (Å²) in [6.07, 6.45) is 1.96. The molecule has 1 saturated heterocycles. The van der Waals surface area contributed by atoms with Crippen LogP contribution in [-0.4, -0.2) is 29.3 Å². The van der Waals surface area contributed by atoms with E-state index in [9.17, 15) is 15.0 Å². The number of carboxylic acid groups (broad SMARTS) is 1. The fraction of sp³-hybridized carbons (Fsp3) is 0.462. The Hall–Kier alpha value is -1.55. The van der Waals surface area contributed by atoms with Crippen LogP contribution < -0.4 is 5.32 Å². The highest BCUT2D eigenvalue weighted by molar-refractivity contribution is 5.76. The molecule has 0 saturated carbocycles. The van der Waals surface area contributed by atoms with Gasteiger partial charge < -0.3 is 15.5 Å². The predicted molar refractivity (Wildman–Crippen MR) is 64.1 cm³/mol. The van der Waals surface area contributed by atoms with Crippen molar-refractivity contribution in [2.75, 3.05) is 13.1 Å². The molecular formula is C13H17NO3. The third kappa shape index (κ3) is 2.77.